The van der Waals surface area contributed by atoms with Gasteiger partial charge in [-0.15, -0.1) is 0 Å². The predicted octanol–water partition coefficient (Wildman–Crippen LogP) is -2.66. The van der Waals surface area contributed by atoms with Crippen molar-refractivity contribution in [2.45, 2.75) is 44.8 Å². The van der Waals surface area contributed by atoms with Crippen LogP contribution in [-0.2, 0) is 24.0 Å². The lowest BCUT2D eigenvalue weighted by Gasteiger charge is -2.26. The van der Waals surface area contributed by atoms with Gasteiger partial charge in [-0.2, -0.15) is 12.6 Å². The molecule has 0 aliphatic rings. The van der Waals surface area contributed by atoms with Crippen LogP contribution < -0.4 is 27.4 Å². The minimum Gasteiger partial charge on any atom is -0.480 e. The summed E-state index contributed by atoms with van der Waals surface area (Å²) in [5, 5.41) is 16.1. The third-order valence-corrected chi connectivity index (χ3v) is 3.93. The van der Waals surface area contributed by atoms with Gasteiger partial charge in [-0.3, -0.25) is 19.2 Å². The van der Waals surface area contributed by atoms with E-state index in [0.29, 0.717) is 0 Å². The monoisotopic (exact) mass is 405 g/mol. The van der Waals surface area contributed by atoms with E-state index in [4.69, 9.17) is 16.6 Å². The first-order valence-corrected chi connectivity index (χ1v) is 8.88. The Morgan fingerprint density at radius 1 is 1.00 bits per heavy atom. The SMILES string of the molecule is CC(C)C(NC(=O)C(CCC(N)=O)NC(=O)CN)C(=O)NC(CS)C(=O)O. The maximum Gasteiger partial charge on any atom is 0.327 e. The molecule has 0 aromatic carbocycles. The highest BCUT2D eigenvalue weighted by Crippen LogP contribution is 2.06. The number of carbonyl (C=O) groups is 5. The summed E-state index contributed by atoms with van der Waals surface area (Å²) in [6.45, 7) is 2.94. The Hall–Kier alpha value is -2.34. The van der Waals surface area contributed by atoms with Crippen molar-refractivity contribution in [3.05, 3.63) is 0 Å². The van der Waals surface area contributed by atoms with Gasteiger partial charge in [-0.05, 0) is 12.3 Å². The number of nitrogens with one attached hydrogen (secondary N) is 3. The van der Waals surface area contributed by atoms with Crippen LogP contribution in [0.5, 0.6) is 0 Å². The van der Waals surface area contributed by atoms with E-state index < -0.39 is 47.7 Å². The molecule has 11 nitrogen and oxygen atoms in total. The second-order valence-electron chi connectivity index (χ2n) is 6.14. The number of nitrogens with two attached hydrogens (primary N) is 2. The zero-order valence-electron chi connectivity index (χ0n) is 15.2. The molecular weight excluding hydrogens is 378 g/mol. The maximum absolute atomic E-state index is 12.5. The van der Waals surface area contributed by atoms with E-state index in [1.807, 2.05) is 0 Å². The summed E-state index contributed by atoms with van der Waals surface area (Å²) in [6, 6.07) is -3.41. The van der Waals surface area contributed by atoms with Gasteiger partial charge in [0, 0.05) is 12.2 Å². The lowest BCUT2D eigenvalue weighted by Crippen LogP contribution is -2.58. The molecule has 0 heterocycles. The number of rotatable bonds is 12. The van der Waals surface area contributed by atoms with E-state index in [2.05, 4.69) is 28.6 Å². The number of carboxylic acid groups (broad SMARTS) is 1. The maximum atomic E-state index is 12.5. The highest BCUT2D eigenvalue weighted by molar-refractivity contribution is 7.80. The number of hydrogen-bond acceptors (Lipinski definition) is 7. The molecule has 0 spiro atoms. The van der Waals surface area contributed by atoms with Crippen molar-refractivity contribution in [2.24, 2.45) is 17.4 Å². The minimum absolute atomic E-state index is 0.0757. The Labute approximate surface area is 162 Å². The highest BCUT2D eigenvalue weighted by Gasteiger charge is 2.30. The van der Waals surface area contributed by atoms with Gasteiger partial charge in [0.2, 0.25) is 23.6 Å². The average molecular weight is 405 g/mol. The van der Waals surface area contributed by atoms with Crippen LogP contribution in [0.2, 0.25) is 0 Å². The number of amides is 4. The van der Waals surface area contributed by atoms with E-state index in [-0.39, 0.29) is 31.1 Å². The molecular formula is C15H27N5O6S. The fourth-order valence-corrected chi connectivity index (χ4v) is 2.29. The molecule has 0 aromatic heterocycles. The summed E-state index contributed by atoms with van der Waals surface area (Å²) in [5.41, 5.74) is 10.3. The largest absolute Gasteiger partial charge is 0.480 e. The number of carbonyl (C=O) groups excluding carboxylic acids is 4. The quantitative estimate of drug-likeness (QED) is 0.172. The van der Waals surface area contributed by atoms with E-state index in [1.54, 1.807) is 13.8 Å². The molecule has 0 aromatic rings. The van der Waals surface area contributed by atoms with Crippen LogP contribution in [0.1, 0.15) is 26.7 Å². The molecule has 27 heavy (non-hydrogen) atoms. The molecule has 0 bridgehead atoms. The van der Waals surface area contributed by atoms with Crippen molar-refractivity contribution in [2.75, 3.05) is 12.3 Å². The fourth-order valence-electron chi connectivity index (χ4n) is 2.04. The van der Waals surface area contributed by atoms with Gasteiger partial charge in [-0.25, -0.2) is 4.79 Å². The Kier molecular flexibility index (Phi) is 11.1. The summed E-state index contributed by atoms with van der Waals surface area (Å²) in [5.74, 6) is -4.49. The zero-order valence-corrected chi connectivity index (χ0v) is 16.1. The molecule has 8 N–H and O–H groups in total. The van der Waals surface area contributed by atoms with E-state index >= 15 is 0 Å². The van der Waals surface area contributed by atoms with Gasteiger partial charge in [0.15, 0.2) is 0 Å². The molecule has 12 heteroatoms. The summed E-state index contributed by atoms with van der Waals surface area (Å²) < 4.78 is 0. The number of carboxylic acids is 1. The predicted molar refractivity (Wildman–Crippen MR) is 99.6 cm³/mol. The third-order valence-electron chi connectivity index (χ3n) is 3.56. The molecule has 0 aliphatic carbocycles. The number of primary amides is 1. The summed E-state index contributed by atoms with van der Waals surface area (Å²) in [6.07, 6.45) is -0.240. The van der Waals surface area contributed by atoms with Crippen molar-refractivity contribution in [3.63, 3.8) is 0 Å². The molecule has 3 unspecified atom stereocenters. The fraction of sp³-hybridized carbons (Fsp3) is 0.667. The molecule has 0 saturated heterocycles. The lowest BCUT2D eigenvalue weighted by atomic mass is 10.0. The van der Waals surface area contributed by atoms with Crippen molar-refractivity contribution in [3.8, 4) is 0 Å². The van der Waals surface area contributed by atoms with Gasteiger partial charge in [0.05, 0.1) is 6.54 Å². The number of aliphatic carboxylic acids is 1. The Morgan fingerprint density at radius 2 is 1.59 bits per heavy atom. The van der Waals surface area contributed by atoms with Gasteiger partial charge < -0.3 is 32.5 Å². The highest BCUT2D eigenvalue weighted by atomic mass is 32.1. The van der Waals surface area contributed by atoms with Crippen molar-refractivity contribution < 1.29 is 29.1 Å². The van der Waals surface area contributed by atoms with Crippen LogP contribution in [0.3, 0.4) is 0 Å². The summed E-state index contributed by atoms with van der Waals surface area (Å²) in [7, 11) is 0. The summed E-state index contributed by atoms with van der Waals surface area (Å²) >= 11 is 3.86. The molecule has 0 rings (SSSR count). The van der Waals surface area contributed by atoms with Crippen molar-refractivity contribution in [1.82, 2.24) is 16.0 Å². The van der Waals surface area contributed by atoms with Crippen LogP contribution in [-0.4, -0.2) is 65.1 Å². The second kappa shape index (κ2) is 12.1. The number of thiol groups is 1. The van der Waals surface area contributed by atoms with Gasteiger partial charge in [0.1, 0.15) is 18.1 Å². The third kappa shape index (κ3) is 9.24. The molecule has 154 valence electrons. The van der Waals surface area contributed by atoms with Crippen LogP contribution in [0, 0.1) is 5.92 Å². The summed E-state index contributed by atoms with van der Waals surface area (Å²) in [4.78, 5) is 58.3. The smallest absolute Gasteiger partial charge is 0.327 e. The topological polar surface area (TPSA) is 194 Å². The lowest BCUT2D eigenvalue weighted by molar-refractivity contribution is -0.142. The first kappa shape index (κ1) is 24.7. The standard InChI is InChI=1S/C15H27N5O6S/c1-7(2)12(14(24)19-9(6-27)15(25)26)20-13(23)8(3-4-10(17)21)18-11(22)5-16/h7-9,12,27H,3-6,16H2,1-2H3,(H2,17,21)(H,18,22)(H,19,24)(H,20,23)(H,25,26). The van der Waals surface area contributed by atoms with E-state index in [1.165, 1.54) is 0 Å². The van der Waals surface area contributed by atoms with Gasteiger partial charge in [0.25, 0.3) is 0 Å². The first-order valence-electron chi connectivity index (χ1n) is 8.25. The second-order valence-corrected chi connectivity index (χ2v) is 6.51. The molecule has 0 aliphatic heterocycles. The molecule has 0 radical (unpaired) electrons. The Morgan fingerprint density at radius 3 is 2.00 bits per heavy atom. The van der Waals surface area contributed by atoms with Gasteiger partial charge in [-0.1, -0.05) is 13.8 Å². The van der Waals surface area contributed by atoms with Crippen LogP contribution in [0.15, 0.2) is 0 Å². The molecule has 0 fully saturated rings. The number of hydrogen-bond donors (Lipinski definition) is 7. The molecule has 4 amide bonds. The van der Waals surface area contributed by atoms with Gasteiger partial charge >= 0.3 is 5.97 Å². The van der Waals surface area contributed by atoms with E-state index in [0.717, 1.165) is 0 Å². The first-order chi connectivity index (χ1) is 12.5. The van der Waals surface area contributed by atoms with Crippen LogP contribution >= 0.6 is 12.6 Å². The molecule has 0 saturated carbocycles. The van der Waals surface area contributed by atoms with E-state index in [9.17, 15) is 24.0 Å². The minimum atomic E-state index is -1.26. The normalized spacial score (nSPS) is 14.0. The Bertz CT molecular complexity index is 571. The van der Waals surface area contributed by atoms with Crippen molar-refractivity contribution in [1.29, 1.82) is 0 Å². The van der Waals surface area contributed by atoms with Crippen molar-refractivity contribution >= 4 is 42.2 Å². The average Bonchev–Trinajstić information content (AvgIpc) is 2.59. The Balaban J connectivity index is 5.21. The van der Waals surface area contributed by atoms with Crippen LogP contribution in [0.4, 0.5) is 0 Å². The molecule has 3 atom stereocenters. The zero-order chi connectivity index (χ0) is 21.1. The van der Waals surface area contributed by atoms with Crippen LogP contribution in [0.25, 0.3) is 0 Å².